The summed E-state index contributed by atoms with van der Waals surface area (Å²) >= 11 is 0. The van der Waals surface area contributed by atoms with Crippen molar-refractivity contribution in [3.05, 3.63) is 163 Å². The van der Waals surface area contributed by atoms with Gasteiger partial charge in [0, 0.05) is 22.3 Å². The molecule has 0 radical (unpaired) electrons. The predicted octanol–water partition coefficient (Wildman–Crippen LogP) is 10.9. The molecule has 0 saturated carbocycles. The Kier molecular flexibility index (Phi) is 8.03. The lowest BCUT2D eigenvalue weighted by Crippen LogP contribution is -2.00. The molecule has 2 aromatic heterocycles. The first-order chi connectivity index (χ1) is 23.1. The molecule has 0 saturated heterocycles. The number of hydrogen-bond acceptors (Lipinski definition) is 4. The van der Waals surface area contributed by atoms with E-state index in [0.717, 1.165) is 66.9 Å². The molecule has 0 aliphatic carbocycles. The van der Waals surface area contributed by atoms with E-state index in [-0.39, 0.29) is 0 Å². The van der Waals surface area contributed by atoms with E-state index in [1.54, 1.807) is 12.1 Å². The molecule has 5 aromatic carbocycles. The summed E-state index contributed by atoms with van der Waals surface area (Å²) in [7, 11) is 0. The Balaban J connectivity index is 1.35. The van der Waals surface area contributed by atoms with Gasteiger partial charge in [0.1, 0.15) is 0 Å². The van der Waals surface area contributed by atoms with Crippen molar-refractivity contribution in [1.29, 1.82) is 5.26 Å². The van der Waals surface area contributed by atoms with E-state index in [1.807, 2.05) is 61.5 Å². The van der Waals surface area contributed by atoms with Crippen molar-refractivity contribution in [2.75, 3.05) is 0 Å². The van der Waals surface area contributed by atoms with Crippen molar-refractivity contribution in [3.63, 3.8) is 0 Å². The van der Waals surface area contributed by atoms with Gasteiger partial charge in [-0.1, -0.05) is 110 Å². The van der Waals surface area contributed by atoms with Gasteiger partial charge in [0.15, 0.2) is 0 Å². The van der Waals surface area contributed by atoms with Crippen molar-refractivity contribution in [2.24, 2.45) is 0 Å². The first-order valence-corrected chi connectivity index (χ1v) is 15.5. The zero-order chi connectivity index (χ0) is 32.2. The lowest BCUT2D eigenvalue weighted by Gasteiger charge is -2.14. The summed E-state index contributed by atoms with van der Waals surface area (Å²) in [6.45, 7) is 5.93. The summed E-state index contributed by atoms with van der Waals surface area (Å²) in [5.41, 5.74) is 11.5. The largest absolute Gasteiger partial charge is 0.248 e. The average Bonchev–Trinajstić information content (AvgIpc) is 3.15. The van der Waals surface area contributed by atoms with Gasteiger partial charge in [-0.25, -0.2) is 15.0 Å². The first kappa shape index (κ1) is 29.3. The second-order valence-corrected chi connectivity index (χ2v) is 11.2. The number of benzene rings is 5. The van der Waals surface area contributed by atoms with E-state index < -0.39 is 0 Å². The highest BCUT2D eigenvalue weighted by Crippen LogP contribution is 2.35. The monoisotopic (exact) mass is 602 g/mol. The van der Waals surface area contributed by atoms with E-state index in [4.69, 9.17) is 15.0 Å². The van der Waals surface area contributed by atoms with Gasteiger partial charge in [-0.3, -0.25) is 0 Å². The molecule has 0 aliphatic rings. The highest BCUT2D eigenvalue weighted by molar-refractivity contribution is 5.92. The fourth-order valence-electron chi connectivity index (χ4n) is 5.82. The standard InChI is InChI=1S/C43H30N4/c1-3-12-39-38(4-2)46-42(35-18-11-13-29(23-35)28-44)43(47-39)36-22-20-32-24-34(21-19-33(32)25-36)41-27-37(30-14-7-5-8-15-30)26-40(45-41)31-16-9-6-10-17-31/h3-27H,2H2,1H3/b12-3-. The van der Waals surface area contributed by atoms with Gasteiger partial charge in [-0.2, -0.15) is 5.26 Å². The number of aromatic nitrogens is 3. The van der Waals surface area contributed by atoms with Crippen molar-refractivity contribution in [2.45, 2.75) is 6.92 Å². The Morgan fingerprint density at radius 3 is 1.77 bits per heavy atom. The van der Waals surface area contributed by atoms with E-state index in [0.29, 0.717) is 17.0 Å². The lowest BCUT2D eigenvalue weighted by molar-refractivity contribution is 1.17. The summed E-state index contributed by atoms with van der Waals surface area (Å²) < 4.78 is 0. The van der Waals surface area contributed by atoms with Crippen LogP contribution in [0.5, 0.6) is 0 Å². The number of fused-ring (bicyclic) bond motifs is 1. The Hall–Kier alpha value is -6.44. The number of pyridine rings is 1. The van der Waals surface area contributed by atoms with E-state index in [2.05, 4.69) is 97.6 Å². The molecule has 0 unspecified atom stereocenters. The topological polar surface area (TPSA) is 62.5 Å². The van der Waals surface area contributed by atoms with Gasteiger partial charge in [-0.05, 0) is 77.4 Å². The van der Waals surface area contributed by atoms with Crippen molar-refractivity contribution >= 4 is 22.9 Å². The predicted molar refractivity (Wildman–Crippen MR) is 194 cm³/mol. The molecule has 47 heavy (non-hydrogen) atoms. The van der Waals surface area contributed by atoms with Gasteiger partial charge in [0.25, 0.3) is 0 Å². The third kappa shape index (κ3) is 5.99. The molecule has 7 rings (SSSR count). The van der Waals surface area contributed by atoms with Crippen LogP contribution in [0.1, 0.15) is 23.9 Å². The molecule has 7 aromatic rings. The average molecular weight is 603 g/mol. The second-order valence-electron chi connectivity index (χ2n) is 11.2. The van der Waals surface area contributed by atoms with Crippen LogP contribution in [0.4, 0.5) is 0 Å². The molecule has 2 heterocycles. The molecule has 4 nitrogen and oxygen atoms in total. The van der Waals surface area contributed by atoms with Crippen LogP contribution in [0.25, 0.3) is 79.1 Å². The smallest absolute Gasteiger partial charge is 0.0991 e. The SMILES string of the molecule is C=Cc1nc(-c2cccc(C#N)c2)c(-c2ccc3cc(-c4cc(-c5ccccc5)cc(-c5ccccc5)n4)ccc3c2)nc1/C=C\C. The van der Waals surface area contributed by atoms with E-state index >= 15 is 0 Å². The minimum Gasteiger partial charge on any atom is -0.248 e. The van der Waals surface area contributed by atoms with Crippen LogP contribution in [0, 0.1) is 11.3 Å². The Labute approximate surface area is 274 Å². The Morgan fingerprint density at radius 1 is 0.532 bits per heavy atom. The fraction of sp³-hybridized carbons (Fsp3) is 0.0233. The Bertz CT molecular complexity index is 2270. The molecule has 0 atom stereocenters. The number of nitriles is 1. The highest BCUT2D eigenvalue weighted by atomic mass is 14.8. The summed E-state index contributed by atoms with van der Waals surface area (Å²) in [6.07, 6.45) is 5.61. The van der Waals surface area contributed by atoms with Gasteiger partial charge < -0.3 is 0 Å². The minimum atomic E-state index is 0.569. The summed E-state index contributed by atoms with van der Waals surface area (Å²) in [5.74, 6) is 0. The van der Waals surface area contributed by atoms with Crippen LogP contribution < -0.4 is 0 Å². The van der Waals surface area contributed by atoms with E-state index in [9.17, 15) is 5.26 Å². The molecule has 0 aliphatic heterocycles. The quantitative estimate of drug-likeness (QED) is 0.182. The zero-order valence-electron chi connectivity index (χ0n) is 25.9. The van der Waals surface area contributed by atoms with E-state index in [1.165, 1.54) is 0 Å². The van der Waals surface area contributed by atoms with Gasteiger partial charge in [0.2, 0.25) is 0 Å². The van der Waals surface area contributed by atoms with Crippen LogP contribution >= 0.6 is 0 Å². The number of nitrogens with zero attached hydrogens (tertiary/aromatic N) is 4. The maximum Gasteiger partial charge on any atom is 0.0991 e. The van der Waals surface area contributed by atoms with Crippen LogP contribution in [-0.4, -0.2) is 15.0 Å². The lowest BCUT2D eigenvalue weighted by atomic mass is 9.97. The molecule has 0 bridgehead atoms. The number of hydrogen-bond donors (Lipinski definition) is 0. The van der Waals surface area contributed by atoms with Gasteiger partial charge >= 0.3 is 0 Å². The Morgan fingerprint density at radius 2 is 1.11 bits per heavy atom. The fourth-order valence-corrected chi connectivity index (χ4v) is 5.82. The maximum atomic E-state index is 9.56. The molecule has 222 valence electrons. The first-order valence-electron chi connectivity index (χ1n) is 15.5. The van der Waals surface area contributed by atoms with Crippen molar-refractivity contribution < 1.29 is 0 Å². The molecule has 0 fully saturated rings. The summed E-state index contributed by atoms with van der Waals surface area (Å²) in [5, 5.41) is 11.7. The van der Waals surface area contributed by atoms with Crippen molar-refractivity contribution in [1.82, 2.24) is 15.0 Å². The summed E-state index contributed by atoms with van der Waals surface area (Å²) in [4.78, 5) is 15.2. The summed E-state index contributed by atoms with van der Waals surface area (Å²) in [6, 6.07) is 47.6. The van der Waals surface area contributed by atoms with Crippen LogP contribution in [0.3, 0.4) is 0 Å². The molecular formula is C43H30N4. The molecule has 4 heteroatoms. The normalized spacial score (nSPS) is 11.1. The second kappa shape index (κ2) is 12.9. The molecular weight excluding hydrogens is 573 g/mol. The molecule has 0 amide bonds. The third-order valence-corrected chi connectivity index (χ3v) is 8.15. The van der Waals surface area contributed by atoms with Crippen LogP contribution in [-0.2, 0) is 0 Å². The molecule has 0 spiro atoms. The van der Waals surface area contributed by atoms with Gasteiger partial charge in [0.05, 0.1) is 45.8 Å². The third-order valence-electron chi connectivity index (χ3n) is 8.15. The zero-order valence-corrected chi connectivity index (χ0v) is 25.9. The highest BCUT2D eigenvalue weighted by Gasteiger charge is 2.16. The number of allylic oxidation sites excluding steroid dienone is 1. The van der Waals surface area contributed by atoms with Gasteiger partial charge in [-0.15, -0.1) is 0 Å². The molecule has 0 N–H and O–H groups in total. The van der Waals surface area contributed by atoms with Crippen LogP contribution in [0.15, 0.2) is 146 Å². The van der Waals surface area contributed by atoms with Crippen molar-refractivity contribution in [3.8, 4) is 62.2 Å². The number of rotatable bonds is 7. The van der Waals surface area contributed by atoms with Crippen LogP contribution in [0.2, 0.25) is 0 Å². The minimum absolute atomic E-state index is 0.569. The maximum absolute atomic E-state index is 9.56.